The molecule has 1 atom stereocenters. The van der Waals surface area contributed by atoms with Gasteiger partial charge < -0.3 is 4.57 Å². The van der Waals surface area contributed by atoms with E-state index in [1.54, 1.807) is 0 Å². The maximum atomic E-state index is 12.8. The smallest absolute Gasteiger partial charge is 0.289 e. The molecule has 0 saturated carbocycles. The van der Waals surface area contributed by atoms with E-state index in [0.717, 1.165) is 31.6 Å². The summed E-state index contributed by atoms with van der Waals surface area (Å²) < 4.78 is 30.3. The molecule has 1 aliphatic heterocycles. The Hall–Kier alpha value is -2.23. The highest BCUT2D eigenvalue weighted by molar-refractivity contribution is 7.89. The summed E-state index contributed by atoms with van der Waals surface area (Å²) in [6.07, 6.45) is 6.46. The monoisotopic (exact) mass is 406 g/mol. The maximum Gasteiger partial charge on any atom is 0.289 e. The van der Waals surface area contributed by atoms with Gasteiger partial charge in [0.15, 0.2) is 4.90 Å². The fraction of sp³-hybridized carbons (Fsp3) is 0.474. The third-order valence-corrected chi connectivity index (χ3v) is 6.70. The van der Waals surface area contributed by atoms with Crippen molar-refractivity contribution in [1.29, 1.82) is 0 Å². The molecule has 1 fully saturated rings. The molecule has 9 heteroatoms. The SMILES string of the molecule is Cn1cccc1C(CNS(=O)(=O)c1ccccc1[N+](=O)[O-])N1CCCCCC1. The normalized spacial score (nSPS) is 17.2. The topological polar surface area (TPSA) is 97.5 Å². The summed E-state index contributed by atoms with van der Waals surface area (Å²) in [6, 6.07) is 9.23. The summed E-state index contributed by atoms with van der Waals surface area (Å²) in [5, 5.41) is 11.2. The average molecular weight is 407 g/mol. The first-order valence-corrected chi connectivity index (χ1v) is 11.0. The minimum absolute atomic E-state index is 0.129. The van der Waals surface area contributed by atoms with Crippen LogP contribution in [0, 0.1) is 10.1 Å². The molecule has 3 rings (SSSR count). The van der Waals surface area contributed by atoms with Crippen LogP contribution in [0.5, 0.6) is 0 Å². The van der Waals surface area contributed by atoms with Crippen LogP contribution >= 0.6 is 0 Å². The number of rotatable bonds is 7. The number of nitro groups is 1. The van der Waals surface area contributed by atoms with Crippen molar-refractivity contribution in [2.24, 2.45) is 7.05 Å². The Bertz CT molecular complexity index is 918. The summed E-state index contributed by atoms with van der Waals surface area (Å²) in [7, 11) is -2.07. The molecule has 8 nitrogen and oxygen atoms in total. The third-order valence-electron chi connectivity index (χ3n) is 5.22. The molecule has 2 aromatic rings. The molecule has 1 saturated heterocycles. The van der Waals surface area contributed by atoms with Crippen molar-refractivity contribution in [3.63, 3.8) is 0 Å². The van der Waals surface area contributed by atoms with Gasteiger partial charge in [0.2, 0.25) is 10.0 Å². The summed E-state index contributed by atoms with van der Waals surface area (Å²) in [6.45, 7) is 1.97. The Labute approximate surface area is 165 Å². The highest BCUT2D eigenvalue weighted by atomic mass is 32.2. The van der Waals surface area contributed by atoms with E-state index < -0.39 is 20.6 Å². The lowest BCUT2D eigenvalue weighted by molar-refractivity contribution is -0.387. The summed E-state index contributed by atoms with van der Waals surface area (Å²) >= 11 is 0. The molecule has 28 heavy (non-hydrogen) atoms. The number of aryl methyl sites for hydroxylation is 1. The largest absolute Gasteiger partial charge is 0.353 e. The van der Waals surface area contributed by atoms with Crippen LogP contribution in [0.4, 0.5) is 5.69 Å². The number of hydrogen-bond acceptors (Lipinski definition) is 5. The van der Waals surface area contributed by atoms with Crippen LogP contribution in [0.25, 0.3) is 0 Å². The van der Waals surface area contributed by atoms with Gasteiger partial charge >= 0.3 is 0 Å². The molecule has 1 aromatic heterocycles. The van der Waals surface area contributed by atoms with E-state index >= 15 is 0 Å². The molecule has 0 radical (unpaired) electrons. The standard InChI is InChI=1S/C19H26N4O4S/c1-21-12-8-10-16(21)18(22-13-6-2-3-7-14-22)15-20-28(26,27)19-11-5-4-9-17(19)23(24)25/h4-5,8-12,18,20H,2-3,6-7,13-15H2,1H3. The van der Waals surface area contributed by atoms with Crippen molar-refractivity contribution in [2.45, 2.75) is 36.6 Å². The van der Waals surface area contributed by atoms with Crippen molar-refractivity contribution >= 4 is 15.7 Å². The zero-order valence-corrected chi connectivity index (χ0v) is 16.8. The zero-order chi connectivity index (χ0) is 20.1. The van der Waals surface area contributed by atoms with Crippen LogP contribution in [0.2, 0.25) is 0 Å². The van der Waals surface area contributed by atoms with E-state index in [4.69, 9.17) is 0 Å². The quantitative estimate of drug-likeness (QED) is 0.563. The van der Waals surface area contributed by atoms with Crippen molar-refractivity contribution in [2.75, 3.05) is 19.6 Å². The number of benzene rings is 1. The molecule has 2 heterocycles. The zero-order valence-electron chi connectivity index (χ0n) is 16.0. The lowest BCUT2D eigenvalue weighted by Gasteiger charge is -2.31. The van der Waals surface area contributed by atoms with E-state index in [0.29, 0.717) is 0 Å². The molecule has 152 valence electrons. The van der Waals surface area contributed by atoms with Gasteiger partial charge in [0, 0.05) is 31.5 Å². The van der Waals surface area contributed by atoms with Gasteiger partial charge in [0.25, 0.3) is 5.69 Å². The molecular weight excluding hydrogens is 380 g/mol. The molecule has 1 N–H and O–H groups in total. The molecule has 1 aliphatic rings. The van der Waals surface area contributed by atoms with E-state index in [9.17, 15) is 18.5 Å². The van der Waals surface area contributed by atoms with Crippen LogP contribution in [0.1, 0.15) is 37.4 Å². The van der Waals surface area contributed by atoms with Gasteiger partial charge in [-0.05, 0) is 44.1 Å². The number of likely N-dealkylation sites (tertiary alicyclic amines) is 1. The first-order chi connectivity index (χ1) is 13.4. The Kier molecular flexibility index (Phi) is 6.48. The van der Waals surface area contributed by atoms with Crippen LogP contribution in [-0.4, -0.2) is 42.4 Å². The molecule has 0 amide bonds. The second kappa shape index (κ2) is 8.85. The molecule has 1 unspecified atom stereocenters. The van der Waals surface area contributed by atoms with Crippen LogP contribution in [0.15, 0.2) is 47.5 Å². The Balaban J connectivity index is 1.85. The average Bonchev–Trinajstić information content (AvgIpc) is 2.92. The minimum atomic E-state index is -4.01. The summed E-state index contributed by atoms with van der Waals surface area (Å²) in [5.41, 5.74) is 0.604. The number of nitro benzene ring substituents is 1. The third kappa shape index (κ3) is 4.60. The minimum Gasteiger partial charge on any atom is -0.353 e. The predicted molar refractivity (Wildman–Crippen MR) is 106 cm³/mol. The van der Waals surface area contributed by atoms with Gasteiger partial charge in [0.05, 0.1) is 11.0 Å². The van der Waals surface area contributed by atoms with Gasteiger partial charge in [0.1, 0.15) is 0 Å². The van der Waals surface area contributed by atoms with Crippen LogP contribution < -0.4 is 4.72 Å². The van der Waals surface area contributed by atoms with E-state index in [-0.39, 0.29) is 17.5 Å². The van der Waals surface area contributed by atoms with E-state index in [2.05, 4.69) is 9.62 Å². The fourth-order valence-corrected chi connectivity index (χ4v) is 4.96. The Morgan fingerprint density at radius 2 is 1.79 bits per heavy atom. The number of aromatic nitrogens is 1. The molecule has 0 aliphatic carbocycles. The second-order valence-electron chi connectivity index (χ2n) is 7.09. The highest BCUT2D eigenvalue weighted by Crippen LogP contribution is 2.26. The lowest BCUT2D eigenvalue weighted by atomic mass is 10.1. The first kappa shape index (κ1) is 20.5. The Morgan fingerprint density at radius 1 is 1.11 bits per heavy atom. The number of hydrogen-bond donors (Lipinski definition) is 1. The first-order valence-electron chi connectivity index (χ1n) is 9.48. The van der Waals surface area contributed by atoms with Gasteiger partial charge in [-0.1, -0.05) is 25.0 Å². The van der Waals surface area contributed by atoms with E-state index in [1.807, 2.05) is 29.9 Å². The van der Waals surface area contributed by atoms with Crippen molar-refractivity contribution < 1.29 is 13.3 Å². The molecule has 0 spiro atoms. The maximum absolute atomic E-state index is 12.8. The molecule has 1 aromatic carbocycles. The number of nitrogens with zero attached hydrogens (tertiary/aromatic N) is 3. The van der Waals surface area contributed by atoms with Crippen molar-refractivity contribution in [3.05, 3.63) is 58.4 Å². The summed E-state index contributed by atoms with van der Waals surface area (Å²) in [4.78, 5) is 12.6. The molecule has 0 bridgehead atoms. The van der Waals surface area contributed by atoms with Crippen molar-refractivity contribution in [1.82, 2.24) is 14.2 Å². The van der Waals surface area contributed by atoms with Gasteiger partial charge in [-0.25, -0.2) is 13.1 Å². The fourth-order valence-electron chi connectivity index (χ4n) is 3.75. The lowest BCUT2D eigenvalue weighted by Crippen LogP contribution is -2.39. The van der Waals surface area contributed by atoms with Crippen LogP contribution in [0.3, 0.4) is 0 Å². The van der Waals surface area contributed by atoms with Gasteiger partial charge in [-0.3, -0.25) is 15.0 Å². The van der Waals surface area contributed by atoms with E-state index in [1.165, 1.54) is 37.1 Å². The highest BCUT2D eigenvalue weighted by Gasteiger charge is 2.29. The number of nitrogens with one attached hydrogen (secondary N) is 1. The number of para-hydroxylation sites is 1. The van der Waals surface area contributed by atoms with Gasteiger partial charge in [-0.2, -0.15) is 0 Å². The number of sulfonamides is 1. The Morgan fingerprint density at radius 3 is 2.39 bits per heavy atom. The van der Waals surface area contributed by atoms with Gasteiger partial charge in [-0.15, -0.1) is 0 Å². The summed E-state index contributed by atoms with van der Waals surface area (Å²) in [5.74, 6) is 0. The van der Waals surface area contributed by atoms with Crippen molar-refractivity contribution in [3.8, 4) is 0 Å². The molecular formula is C19H26N4O4S. The predicted octanol–water partition coefficient (Wildman–Crippen LogP) is 2.83. The second-order valence-corrected chi connectivity index (χ2v) is 8.82. The van der Waals surface area contributed by atoms with Crippen LogP contribution in [-0.2, 0) is 17.1 Å².